The van der Waals surface area contributed by atoms with Crippen LogP contribution in [0.5, 0.6) is 0 Å². The van der Waals surface area contributed by atoms with Crippen molar-refractivity contribution < 1.29 is 60.9 Å². The van der Waals surface area contributed by atoms with Crippen LogP contribution in [0.2, 0.25) is 0 Å². The third-order valence-electron chi connectivity index (χ3n) is 2.02. The summed E-state index contributed by atoms with van der Waals surface area (Å²) in [6.07, 6.45) is 3.24. The quantitative estimate of drug-likeness (QED) is 0.298. The number of hydrogen-bond acceptors (Lipinski definition) is 2. The van der Waals surface area contributed by atoms with Crippen molar-refractivity contribution in [1.29, 1.82) is 0 Å². The van der Waals surface area contributed by atoms with Crippen LogP contribution in [0, 0.1) is 0 Å². The molecule has 2 aliphatic rings. The maximum atomic E-state index is 10.1. The number of hydrogen-bond donors (Lipinski definition) is 0. The second-order valence-corrected chi connectivity index (χ2v) is 2.59. The van der Waals surface area contributed by atoms with E-state index in [4.69, 9.17) is 4.74 Å². The van der Waals surface area contributed by atoms with Crippen molar-refractivity contribution in [3.05, 3.63) is 0 Å². The minimum absolute atomic E-state index is 0. The van der Waals surface area contributed by atoms with Crippen molar-refractivity contribution in [2.45, 2.75) is 18.6 Å². The van der Waals surface area contributed by atoms with Gasteiger partial charge in [0.15, 0.2) is 0 Å². The summed E-state index contributed by atoms with van der Waals surface area (Å²) < 4.78 is 5.26. The molecule has 2 rings (SSSR count). The van der Waals surface area contributed by atoms with Gasteiger partial charge in [0.05, 0.1) is 12.7 Å². The Bertz CT molecular complexity index is 142. The van der Waals surface area contributed by atoms with Gasteiger partial charge >= 0.3 is 51.4 Å². The van der Waals surface area contributed by atoms with Gasteiger partial charge in [0, 0.05) is 12.6 Å². The smallest absolute Gasteiger partial charge is 0.520 e. The molecule has 2 aliphatic heterocycles. The molecule has 3 nitrogen and oxygen atoms in total. The van der Waals surface area contributed by atoms with Crippen molar-refractivity contribution in [2.75, 3.05) is 13.2 Å². The molecule has 0 saturated carbocycles. The standard InChI is InChI=1S/C6H8NO2.K/c8-4-7-2-6-1-5(7)3-9-6;/h5-6H,1-3H2;/q-1;+1. The number of carbonyl (C=O) groups excluding carboxylic acids is 1. The van der Waals surface area contributed by atoms with Gasteiger partial charge in [0.1, 0.15) is 0 Å². The zero-order valence-corrected chi connectivity index (χ0v) is 9.16. The maximum Gasteiger partial charge on any atom is 1.00 e. The van der Waals surface area contributed by atoms with Crippen LogP contribution in [-0.4, -0.2) is 36.6 Å². The van der Waals surface area contributed by atoms with Crippen molar-refractivity contribution >= 4 is 6.41 Å². The predicted molar refractivity (Wildman–Crippen MR) is 30.5 cm³/mol. The molecule has 0 aromatic heterocycles. The molecule has 0 spiro atoms. The molecule has 0 aromatic carbocycles. The van der Waals surface area contributed by atoms with E-state index in [9.17, 15) is 4.79 Å². The first-order valence-electron chi connectivity index (χ1n) is 3.16. The van der Waals surface area contributed by atoms with Gasteiger partial charge in [-0.1, -0.05) is 0 Å². The van der Waals surface area contributed by atoms with E-state index in [2.05, 4.69) is 0 Å². The van der Waals surface area contributed by atoms with Gasteiger partial charge in [-0.25, -0.2) is 0 Å². The molecule has 2 saturated heterocycles. The topological polar surface area (TPSA) is 29.5 Å². The van der Waals surface area contributed by atoms with Gasteiger partial charge in [-0.2, -0.15) is 6.41 Å². The molecule has 2 bridgehead atoms. The first kappa shape index (κ1) is 9.16. The number of amides is 1. The second-order valence-electron chi connectivity index (χ2n) is 2.59. The number of nitrogens with zero attached hydrogens (tertiary/aromatic N) is 1. The Morgan fingerprint density at radius 2 is 2.40 bits per heavy atom. The fraction of sp³-hybridized carbons (Fsp3) is 0.833. The summed E-state index contributed by atoms with van der Waals surface area (Å²) in [7, 11) is 0. The van der Waals surface area contributed by atoms with Gasteiger partial charge in [-0.05, 0) is 6.42 Å². The normalized spacial score (nSPS) is 35.8. The molecule has 2 fully saturated rings. The van der Waals surface area contributed by atoms with Crippen molar-refractivity contribution in [1.82, 2.24) is 4.90 Å². The largest absolute Gasteiger partial charge is 1.00 e. The molecule has 2 unspecified atom stereocenters. The summed E-state index contributed by atoms with van der Waals surface area (Å²) in [6.45, 7) is 1.48. The van der Waals surface area contributed by atoms with E-state index in [0.29, 0.717) is 12.1 Å². The molecule has 2 heterocycles. The van der Waals surface area contributed by atoms with E-state index in [1.807, 2.05) is 6.41 Å². The molecule has 0 aromatic rings. The van der Waals surface area contributed by atoms with Crippen LogP contribution in [0.3, 0.4) is 0 Å². The number of ether oxygens (including phenoxy) is 1. The summed E-state index contributed by atoms with van der Waals surface area (Å²) in [4.78, 5) is 11.8. The number of fused-ring (bicyclic) bond motifs is 2. The Labute approximate surface area is 103 Å². The average molecular weight is 165 g/mol. The second kappa shape index (κ2) is 3.65. The minimum Gasteiger partial charge on any atom is -0.520 e. The Kier molecular flexibility index (Phi) is 3.34. The van der Waals surface area contributed by atoms with Gasteiger partial charge in [-0.15, -0.1) is 0 Å². The third kappa shape index (κ3) is 1.47. The molecule has 0 aliphatic carbocycles. The van der Waals surface area contributed by atoms with E-state index in [-0.39, 0.29) is 51.4 Å². The zero-order valence-electron chi connectivity index (χ0n) is 6.04. The summed E-state index contributed by atoms with van der Waals surface area (Å²) in [5, 5.41) is 0. The minimum atomic E-state index is 0. The summed E-state index contributed by atoms with van der Waals surface area (Å²) in [5.74, 6) is 0. The number of likely N-dealkylation sites (tertiary alicyclic amines) is 1. The fourth-order valence-electron chi connectivity index (χ4n) is 1.51. The Balaban J connectivity index is 0.000000500. The molecule has 0 radical (unpaired) electrons. The summed E-state index contributed by atoms with van der Waals surface area (Å²) in [6, 6.07) is 0.340. The van der Waals surface area contributed by atoms with Crippen molar-refractivity contribution in [3.63, 3.8) is 0 Å². The third-order valence-corrected chi connectivity index (χ3v) is 2.02. The SMILES string of the molecule is O=[C-]N1CC2CC1CO2.[K+]. The van der Waals surface area contributed by atoms with Gasteiger partial charge in [-0.3, -0.25) is 0 Å². The average Bonchev–Trinajstić information content (AvgIpc) is 2.45. The predicted octanol–water partition coefficient (Wildman–Crippen LogP) is -3.47. The van der Waals surface area contributed by atoms with E-state index in [1.165, 1.54) is 0 Å². The van der Waals surface area contributed by atoms with Crippen molar-refractivity contribution in [3.8, 4) is 0 Å². The van der Waals surface area contributed by atoms with Crippen LogP contribution in [0.1, 0.15) is 6.42 Å². The summed E-state index contributed by atoms with van der Waals surface area (Å²) in [5.41, 5.74) is 0. The Morgan fingerprint density at radius 1 is 1.60 bits per heavy atom. The van der Waals surface area contributed by atoms with Gasteiger partial charge in [0.25, 0.3) is 0 Å². The molecule has 2 atom stereocenters. The number of rotatable bonds is 1. The molecule has 1 amide bonds. The molecule has 50 valence electrons. The van der Waals surface area contributed by atoms with Crippen molar-refractivity contribution in [2.24, 2.45) is 0 Å². The van der Waals surface area contributed by atoms with Crippen LogP contribution < -0.4 is 51.4 Å². The zero-order chi connectivity index (χ0) is 6.27. The molecular weight excluding hydrogens is 157 g/mol. The first-order chi connectivity index (χ1) is 4.40. The molecule has 10 heavy (non-hydrogen) atoms. The Hall–Kier alpha value is 1.07. The maximum absolute atomic E-state index is 10.1. The van der Waals surface area contributed by atoms with E-state index >= 15 is 0 Å². The monoisotopic (exact) mass is 165 g/mol. The van der Waals surface area contributed by atoms with Gasteiger partial charge in [0.2, 0.25) is 0 Å². The Morgan fingerprint density at radius 3 is 2.70 bits per heavy atom. The van der Waals surface area contributed by atoms with E-state index in [1.54, 1.807) is 4.90 Å². The van der Waals surface area contributed by atoms with Crippen LogP contribution in [-0.2, 0) is 9.53 Å². The van der Waals surface area contributed by atoms with E-state index in [0.717, 1.165) is 19.6 Å². The molecule has 0 N–H and O–H groups in total. The van der Waals surface area contributed by atoms with Gasteiger partial charge < -0.3 is 14.4 Å². The fourth-order valence-corrected chi connectivity index (χ4v) is 1.51. The number of morpholine rings is 1. The first-order valence-corrected chi connectivity index (χ1v) is 3.16. The van der Waals surface area contributed by atoms with Crippen LogP contribution in [0.25, 0.3) is 0 Å². The van der Waals surface area contributed by atoms with E-state index < -0.39 is 0 Å². The van der Waals surface area contributed by atoms with Crippen LogP contribution in [0.15, 0.2) is 0 Å². The molecule has 4 heteroatoms. The molecular formula is C6H8KNO2. The van der Waals surface area contributed by atoms with Crippen LogP contribution >= 0.6 is 0 Å². The van der Waals surface area contributed by atoms with Crippen LogP contribution in [0.4, 0.5) is 0 Å². The summed E-state index contributed by atoms with van der Waals surface area (Å²) >= 11 is 0.